The van der Waals surface area contributed by atoms with Crippen LogP contribution in [0.1, 0.15) is 29.9 Å². The Labute approximate surface area is 150 Å². The van der Waals surface area contributed by atoms with Gasteiger partial charge in [0.05, 0.1) is 6.04 Å². The van der Waals surface area contributed by atoms with Crippen molar-refractivity contribution in [1.82, 2.24) is 10.2 Å². The first kappa shape index (κ1) is 17.4. The summed E-state index contributed by atoms with van der Waals surface area (Å²) in [6.07, 6.45) is 4.09. The number of hydrogen-bond donors (Lipinski definition) is 1. The number of carbonyl (C=O) groups excluding carboxylic acids is 1. The first-order chi connectivity index (χ1) is 12.3. The van der Waals surface area contributed by atoms with Gasteiger partial charge in [-0.15, -0.1) is 6.58 Å². The van der Waals surface area contributed by atoms with Crippen LogP contribution in [0.15, 0.2) is 73.3 Å². The number of carbonyl (C=O) groups is 1. The first-order valence-electron chi connectivity index (χ1n) is 9.03. The Hall–Kier alpha value is -2.39. The second kappa shape index (κ2) is 8.63. The van der Waals surface area contributed by atoms with Crippen LogP contribution in [0.2, 0.25) is 0 Å². The Kier molecular flexibility index (Phi) is 6.02. The fourth-order valence-corrected chi connectivity index (χ4v) is 3.47. The van der Waals surface area contributed by atoms with E-state index in [0.29, 0.717) is 6.54 Å². The predicted molar refractivity (Wildman–Crippen MR) is 102 cm³/mol. The molecule has 3 rings (SSSR count). The Morgan fingerprint density at radius 1 is 1.04 bits per heavy atom. The van der Waals surface area contributed by atoms with Crippen molar-refractivity contribution in [3.8, 4) is 0 Å². The molecule has 130 valence electrons. The summed E-state index contributed by atoms with van der Waals surface area (Å²) in [5, 5.41) is 3.50. The fraction of sp³-hybridized carbons (Fsp3) is 0.318. The quantitative estimate of drug-likeness (QED) is 0.783. The zero-order chi connectivity index (χ0) is 17.5. The van der Waals surface area contributed by atoms with Crippen LogP contribution in [0.25, 0.3) is 0 Å². The summed E-state index contributed by atoms with van der Waals surface area (Å²) in [4.78, 5) is 15.1. The Balaban J connectivity index is 1.82. The van der Waals surface area contributed by atoms with Crippen molar-refractivity contribution in [2.24, 2.45) is 0 Å². The molecular formula is C22H26N2O. The van der Waals surface area contributed by atoms with Crippen molar-refractivity contribution >= 4 is 5.91 Å². The van der Waals surface area contributed by atoms with Crippen LogP contribution in [0.3, 0.4) is 0 Å². The number of nitrogens with one attached hydrogen (secondary N) is 1. The van der Waals surface area contributed by atoms with Crippen molar-refractivity contribution in [2.45, 2.75) is 31.3 Å². The fourth-order valence-electron chi connectivity index (χ4n) is 3.47. The van der Waals surface area contributed by atoms with Crippen LogP contribution in [-0.4, -0.2) is 29.9 Å². The molecule has 0 spiro atoms. The van der Waals surface area contributed by atoms with Crippen LogP contribution in [-0.2, 0) is 11.3 Å². The lowest BCUT2D eigenvalue weighted by molar-refractivity contribution is -0.132. The summed E-state index contributed by atoms with van der Waals surface area (Å²) >= 11 is 0. The SMILES string of the molecule is C=C[C@H](c1ccccc1)[C@@H](NCc1ccccc1)C(=O)N1CCCC1. The van der Waals surface area contributed by atoms with E-state index in [0.717, 1.165) is 31.5 Å². The van der Waals surface area contributed by atoms with E-state index in [9.17, 15) is 4.79 Å². The minimum atomic E-state index is -0.293. The highest BCUT2D eigenvalue weighted by Gasteiger charge is 2.31. The average molecular weight is 334 g/mol. The molecule has 0 unspecified atom stereocenters. The number of likely N-dealkylation sites (tertiary alicyclic amines) is 1. The summed E-state index contributed by atoms with van der Waals surface area (Å²) in [5.74, 6) is 0.139. The molecule has 1 aliphatic heterocycles. The smallest absolute Gasteiger partial charge is 0.240 e. The van der Waals surface area contributed by atoms with Gasteiger partial charge in [0.25, 0.3) is 0 Å². The van der Waals surface area contributed by atoms with E-state index in [2.05, 4.69) is 36.2 Å². The highest BCUT2D eigenvalue weighted by Crippen LogP contribution is 2.24. The number of rotatable bonds is 7. The van der Waals surface area contributed by atoms with Gasteiger partial charge in [0.15, 0.2) is 0 Å². The summed E-state index contributed by atoms with van der Waals surface area (Å²) in [5.41, 5.74) is 2.30. The molecule has 0 radical (unpaired) electrons. The largest absolute Gasteiger partial charge is 0.341 e. The van der Waals surface area contributed by atoms with Gasteiger partial charge in [0.1, 0.15) is 0 Å². The van der Waals surface area contributed by atoms with Crippen LogP contribution < -0.4 is 5.32 Å². The molecule has 0 aliphatic carbocycles. The number of hydrogen-bond acceptors (Lipinski definition) is 2. The summed E-state index contributed by atoms with van der Waals surface area (Å²) in [7, 11) is 0. The lowest BCUT2D eigenvalue weighted by Gasteiger charge is -2.29. The molecule has 0 saturated carbocycles. The highest BCUT2D eigenvalue weighted by atomic mass is 16.2. The van der Waals surface area contributed by atoms with Crippen LogP contribution in [0.4, 0.5) is 0 Å². The van der Waals surface area contributed by atoms with E-state index in [-0.39, 0.29) is 17.9 Å². The Bertz CT molecular complexity index is 678. The van der Waals surface area contributed by atoms with Crippen molar-refractivity contribution in [1.29, 1.82) is 0 Å². The summed E-state index contributed by atoms with van der Waals surface area (Å²) < 4.78 is 0. The predicted octanol–water partition coefficient (Wildman–Crippen LogP) is 3.74. The molecule has 2 aromatic carbocycles. The molecule has 1 amide bonds. The molecule has 1 fully saturated rings. The van der Waals surface area contributed by atoms with E-state index in [1.165, 1.54) is 5.56 Å². The molecule has 3 heteroatoms. The van der Waals surface area contributed by atoms with Crippen molar-refractivity contribution in [2.75, 3.05) is 13.1 Å². The van der Waals surface area contributed by atoms with Crippen molar-refractivity contribution in [3.63, 3.8) is 0 Å². The van der Waals surface area contributed by atoms with Gasteiger partial charge in [0.2, 0.25) is 5.91 Å². The number of nitrogens with zero attached hydrogens (tertiary/aromatic N) is 1. The lowest BCUT2D eigenvalue weighted by atomic mass is 9.90. The zero-order valence-corrected chi connectivity index (χ0v) is 14.6. The van der Waals surface area contributed by atoms with Gasteiger partial charge in [-0.1, -0.05) is 66.7 Å². The maximum Gasteiger partial charge on any atom is 0.240 e. The lowest BCUT2D eigenvalue weighted by Crippen LogP contribution is -2.48. The van der Waals surface area contributed by atoms with Crippen LogP contribution >= 0.6 is 0 Å². The summed E-state index contributed by atoms with van der Waals surface area (Å²) in [6.45, 7) is 6.40. The van der Waals surface area contributed by atoms with Gasteiger partial charge in [-0.25, -0.2) is 0 Å². The van der Waals surface area contributed by atoms with E-state index in [1.54, 1.807) is 0 Å². The standard InChI is InChI=1S/C22H26N2O/c1-2-20(19-13-7-4-8-14-19)21(22(25)24-15-9-10-16-24)23-17-18-11-5-3-6-12-18/h2-8,11-14,20-21,23H,1,9-10,15-17H2/t20-,21-/m1/s1. The monoisotopic (exact) mass is 334 g/mol. The third kappa shape index (κ3) is 4.37. The molecule has 0 bridgehead atoms. The maximum absolute atomic E-state index is 13.2. The second-order valence-corrected chi connectivity index (χ2v) is 6.55. The highest BCUT2D eigenvalue weighted by molar-refractivity contribution is 5.83. The molecular weight excluding hydrogens is 308 g/mol. The number of amides is 1. The van der Waals surface area contributed by atoms with Gasteiger partial charge >= 0.3 is 0 Å². The van der Waals surface area contributed by atoms with Gasteiger partial charge in [-0.3, -0.25) is 4.79 Å². The second-order valence-electron chi connectivity index (χ2n) is 6.55. The zero-order valence-electron chi connectivity index (χ0n) is 14.6. The van der Waals surface area contributed by atoms with Crippen molar-refractivity contribution in [3.05, 3.63) is 84.4 Å². The minimum absolute atomic E-state index is 0.0435. The van der Waals surface area contributed by atoms with Gasteiger partial charge in [-0.05, 0) is 24.0 Å². The molecule has 2 aromatic rings. The Morgan fingerprint density at radius 2 is 1.64 bits per heavy atom. The number of benzene rings is 2. The van der Waals surface area contributed by atoms with Gasteiger partial charge in [0, 0.05) is 25.6 Å². The molecule has 1 N–H and O–H groups in total. The minimum Gasteiger partial charge on any atom is -0.341 e. The molecule has 3 nitrogen and oxygen atoms in total. The molecule has 2 atom stereocenters. The molecule has 25 heavy (non-hydrogen) atoms. The topological polar surface area (TPSA) is 32.3 Å². The van der Waals surface area contributed by atoms with Crippen molar-refractivity contribution < 1.29 is 4.79 Å². The normalized spacial score (nSPS) is 16.4. The van der Waals surface area contributed by atoms with E-state index < -0.39 is 0 Å². The maximum atomic E-state index is 13.2. The van der Waals surface area contributed by atoms with Crippen LogP contribution in [0, 0.1) is 0 Å². The van der Waals surface area contributed by atoms with E-state index >= 15 is 0 Å². The molecule has 1 saturated heterocycles. The third-order valence-electron chi connectivity index (χ3n) is 4.85. The van der Waals surface area contributed by atoms with E-state index in [4.69, 9.17) is 0 Å². The summed E-state index contributed by atoms with van der Waals surface area (Å²) in [6, 6.07) is 20.1. The van der Waals surface area contributed by atoms with Gasteiger partial charge < -0.3 is 10.2 Å². The van der Waals surface area contributed by atoms with E-state index in [1.807, 2.05) is 47.4 Å². The Morgan fingerprint density at radius 3 is 2.24 bits per heavy atom. The molecule has 1 heterocycles. The third-order valence-corrected chi connectivity index (χ3v) is 4.85. The molecule has 0 aromatic heterocycles. The average Bonchev–Trinajstić information content (AvgIpc) is 3.21. The van der Waals surface area contributed by atoms with Crippen LogP contribution in [0.5, 0.6) is 0 Å². The van der Waals surface area contributed by atoms with Gasteiger partial charge in [-0.2, -0.15) is 0 Å². The first-order valence-corrected chi connectivity index (χ1v) is 9.03. The molecule has 1 aliphatic rings.